The molecule has 0 radical (unpaired) electrons. The fourth-order valence-electron chi connectivity index (χ4n) is 2.89. The molecule has 0 spiro atoms. The van der Waals surface area contributed by atoms with Gasteiger partial charge >= 0.3 is 6.03 Å². The van der Waals surface area contributed by atoms with Crippen LogP contribution in [-0.4, -0.2) is 23.9 Å². The van der Waals surface area contributed by atoms with Crippen molar-refractivity contribution < 1.29 is 14.3 Å². The quantitative estimate of drug-likeness (QED) is 0.816. The van der Waals surface area contributed by atoms with Crippen LogP contribution in [0.15, 0.2) is 53.0 Å². The molecule has 1 aliphatic rings. The highest BCUT2D eigenvalue weighted by Gasteiger charge is 2.49. The van der Waals surface area contributed by atoms with Crippen LogP contribution >= 0.6 is 15.9 Å². The summed E-state index contributed by atoms with van der Waals surface area (Å²) in [7, 11) is 1.57. The number of ether oxygens (including phenoxy) is 1. The third-order valence-corrected chi connectivity index (χ3v) is 4.90. The van der Waals surface area contributed by atoms with E-state index in [1.165, 1.54) is 4.90 Å². The molecule has 1 saturated heterocycles. The molecule has 3 amide bonds. The van der Waals surface area contributed by atoms with Gasteiger partial charge in [0.2, 0.25) is 0 Å². The van der Waals surface area contributed by atoms with Crippen LogP contribution in [-0.2, 0) is 16.9 Å². The first-order valence-electron chi connectivity index (χ1n) is 7.48. The Kier molecular flexibility index (Phi) is 4.32. The Hall–Kier alpha value is -2.34. The number of amides is 3. The number of hydrogen-bond acceptors (Lipinski definition) is 3. The zero-order valence-corrected chi connectivity index (χ0v) is 15.0. The molecule has 1 atom stereocenters. The molecule has 1 heterocycles. The zero-order valence-electron chi connectivity index (χ0n) is 13.4. The van der Waals surface area contributed by atoms with Crippen molar-refractivity contribution >= 4 is 27.9 Å². The van der Waals surface area contributed by atoms with E-state index >= 15 is 0 Å². The van der Waals surface area contributed by atoms with Gasteiger partial charge in [-0.1, -0.05) is 52.3 Å². The first-order valence-corrected chi connectivity index (χ1v) is 8.27. The van der Waals surface area contributed by atoms with Crippen LogP contribution in [0.1, 0.15) is 18.1 Å². The highest BCUT2D eigenvalue weighted by atomic mass is 79.9. The molecule has 1 fully saturated rings. The second-order valence-corrected chi connectivity index (χ2v) is 6.59. The minimum Gasteiger partial charge on any atom is -0.496 e. The fourth-order valence-corrected chi connectivity index (χ4v) is 3.58. The van der Waals surface area contributed by atoms with E-state index in [2.05, 4.69) is 21.2 Å². The molecule has 0 aromatic heterocycles. The minimum absolute atomic E-state index is 0.161. The first kappa shape index (κ1) is 16.5. The summed E-state index contributed by atoms with van der Waals surface area (Å²) in [6, 6.07) is 14.3. The average molecular weight is 389 g/mol. The molecule has 1 N–H and O–H groups in total. The van der Waals surface area contributed by atoms with Gasteiger partial charge in [0.1, 0.15) is 11.3 Å². The van der Waals surface area contributed by atoms with E-state index in [0.717, 1.165) is 15.6 Å². The van der Waals surface area contributed by atoms with E-state index in [0.29, 0.717) is 5.75 Å². The van der Waals surface area contributed by atoms with Gasteiger partial charge in [0.25, 0.3) is 5.91 Å². The number of benzene rings is 2. The standard InChI is InChI=1S/C18H17BrN2O3/c1-18(13-8-4-5-9-14(13)19)16(22)21(17(23)20-18)11-12-7-3-6-10-15(12)24-2/h3-10H,11H2,1-2H3,(H,20,23)/t18-/m0/s1. The van der Waals surface area contributed by atoms with Crippen molar-refractivity contribution in [3.63, 3.8) is 0 Å². The number of urea groups is 1. The monoisotopic (exact) mass is 388 g/mol. The van der Waals surface area contributed by atoms with Crippen molar-refractivity contribution in [3.8, 4) is 5.75 Å². The molecule has 3 rings (SSSR count). The van der Waals surface area contributed by atoms with Crippen LogP contribution in [0.25, 0.3) is 0 Å². The molecule has 2 aromatic rings. The van der Waals surface area contributed by atoms with Crippen LogP contribution in [0.3, 0.4) is 0 Å². The summed E-state index contributed by atoms with van der Waals surface area (Å²) in [5.74, 6) is 0.359. The van der Waals surface area contributed by atoms with Crippen molar-refractivity contribution in [1.29, 1.82) is 0 Å². The van der Waals surface area contributed by atoms with Crippen LogP contribution in [0.2, 0.25) is 0 Å². The van der Waals surface area contributed by atoms with Gasteiger partial charge in [0.15, 0.2) is 0 Å². The van der Waals surface area contributed by atoms with Gasteiger partial charge in [-0.3, -0.25) is 9.69 Å². The largest absolute Gasteiger partial charge is 0.496 e. The maximum Gasteiger partial charge on any atom is 0.325 e. The number of halogens is 1. The van der Waals surface area contributed by atoms with Gasteiger partial charge in [0, 0.05) is 15.6 Å². The molecule has 1 aliphatic heterocycles. The van der Waals surface area contributed by atoms with Crippen molar-refractivity contribution in [2.75, 3.05) is 7.11 Å². The summed E-state index contributed by atoms with van der Waals surface area (Å²) < 4.78 is 6.08. The molecular weight excluding hydrogens is 372 g/mol. The average Bonchev–Trinajstić information content (AvgIpc) is 2.80. The van der Waals surface area contributed by atoms with E-state index < -0.39 is 11.6 Å². The third kappa shape index (κ3) is 2.67. The Morgan fingerprint density at radius 3 is 2.50 bits per heavy atom. The summed E-state index contributed by atoms with van der Waals surface area (Å²) in [6.45, 7) is 1.88. The second kappa shape index (κ2) is 6.28. The maximum absolute atomic E-state index is 13.0. The smallest absolute Gasteiger partial charge is 0.325 e. The summed E-state index contributed by atoms with van der Waals surface area (Å²) in [4.78, 5) is 26.6. The van der Waals surface area contributed by atoms with Gasteiger partial charge in [-0.2, -0.15) is 0 Å². The normalized spacial score (nSPS) is 20.2. The number of hydrogen-bond donors (Lipinski definition) is 1. The molecule has 5 nitrogen and oxygen atoms in total. The molecule has 0 aliphatic carbocycles. The Bertz CT molecular complexity index is 808. The Balaban J connectivity index is 1.94. The molecule has 124 valence electrons. The molecule has 0 bridgehead atoms. The Labute approximate surface area is 148 Å². The van der Waals surface area contributed by atoms with E-state index in [1.807, 2.05) is 42.5 Å². The molecule has 0 saturated carbocycles. The molecule has 2 aromatic carbocycles. The number of rotatable bonds is 4. The number of para-hydroxylation sites is 1. The predicted molar refractivity (Wildman–Crippen MR) is 93.6 cm³/mol. The van der Waals surface area contributed by atoms with E-state index in [-0.39, 0.29) is 12.5 Å². The van der Waals surface area contributed by atoms with Crippen molar-refractivity contribution in [2.45, 2.75) is 19.0 Å². The van der Waals surface area contributed by atoms with Crippen LogP contribution in [0, 0.1) is 0 Å². The van der Waals surface area contributed by atoms with Crippen LogP contribution < -0.4 is 10.1 Å². The van der Waals surface area contributed by atoms with Crippen molar-refractivity contribution in [1.82, 2.24) is 10.2 Å². The first-order chi connectivity index (χ1) is 11.5. The Morgan fingerprint density at radius 1 is 1.12 bits per heavy atom. The van der Waals surface area contributed by atoms with Crippen molar-refractivity contribution in [2.24, 2.45) is 0 Å². The van der Waals surface area contributed by atoms with Gasteiger partial charge in [0.05, 0.1) is 13.7 Å². The number of carbonyl (C=O) groups excluding carboxylic acids is 2. The van der Waals surface area contributed by atoms with Gasteiger partial charge < -0.3 is 10.1 Å². The van der Waals surface area contributed by atoms with Gasteiger partial charge in [-0.25, -0.2) is 4.79 Å². The lowest BCUT2D eigenvalue weighted by molar-refractivity contribution is -0.131. The molecule has 0 unspecified atom stereocenters. The maximum atomic E-state index is 13.0. The molecule has 24 heavy (non-hydrogen) atoms. The highest BCUT2D eigenvalue weighted by Crippen LogP contribution is 2.34. The van der Waals surface area contributed by atoms with Crippen LogP contribution in [0.5, 0.6) is 5.75 Å². The third-order valence-electron chi connectivity index (χ3n) is 4.21. The summed E-state index contributed by atoms with van der Waals surface area (Å²) in [6.07, 6.45) is 0. The number of methoxy groups -OCH3 is 1. The summed E-state index contributed by atoms with van der Waals surface area (Å²) in [5, 5.41) is 2.81. The van der Waals surface area contributed by atoms with Gasteiger partial charge in [-0.05, 0) is 19.1 Å². The minimum atomic E-state index is -1.10. The number of nitrogens with one attached hydrogen (secondary N) is 1. The fraction of sp³-hybridized carbons (Fsp3) is 0.222. The lowest BCUT2D eigenvalue weighted by Gasteiger charge is -2.23. The summed E-state index contributed by atoms with van der Waals surface area (Å²) in [5.41, 5.74) is 0.407. The predicted octanol–water partition coefficient (Wildman–Crippen LogP) is 3.42. The van der Waals surface area contributed by atoms with E-state index in [9.17, 15) is 9.59 Å². The number of carbonyl (C=O) groups is 2. The Morgan fingerprint density at radius 2 is 1.79 bits per heavy atom. The van der Waals surface area contributed by atoms with E-state index in [4.69, 9.17) is 4.74 Å². The molecule has 6 heteroatoms. The zero-order chi connectivity index (χ0) is 17.3. The van der Waals surface area contributed by atoms with Crippen molar-refractivity contribution in [3.05, 3.63) is 64.1 Å². The van der Waals surface area contributed by atoms with Crippen LogP contribution in [0.4, 0.5) is 4.79 Å². The van der Waals surface area contributed by atoms with E-state index in [1.54, 1.807) is 20.1 Å². The van der Waals surface area contributed by atoms with Gasteiger partial charge in [-0.15, -0.1) is 0 Å². The lowest BCUT2D eigenvalue weighted by Crippen LogP contribution is -2.41. The topological polar surface area (TPSA) is 58.6 Å². The SMILES string of the molecule is COc1ccccc1CN1C(=O)N[C@@](C)(c2ccccc2Br)C1=O. The molecular formula is C18H17BrN2O3. The number of imide groups is 1. The highest BCUT2D eigenvalue weighted by molar-refractivity contribution is 9.10. The summed E-state index contributed by atoms with van der Waals surface area (Å²) >= 11 is 3.46. The number of nitrogens with zero attached hydrogens (tertiary/aromatic N) is 1. The lowest BCUT2D eigenvalue weighted by atomic mass is 9.92. The second-order valence-electron chi connectivity index (χ2n) is 5.74.